The summed E-state index contributed by atoms with van der Waals surface area (Å²) in [5, 5.41) is 13.1. The summed E-state index contributed by atoms with van der Waals surface area (Å²) in [7, 11) is 0. The summed E-state index contributed by atoms with van der Waals surface area (Å²) in [6.07, 6.45) is 1.93. The van der Waals surface area contributed by atoms with Crippen molar-refractivity contribution in [2.75, 3.05) is 5.32 Å². The van der Waals surface area contributed by atoms with E-state index in [0.717, 1.165) is 17.7 Å². The van der Waals surface area contributed by atoms with E-state index in [1.165, 1.54) is 0 Å². The molecule has 1 atom stereocenters. The maximum atomic E-state index is 11.3. The largest absolute Gasteiger partial charge is 0.480 e. The molecular formula is C12H14ClNO2. The molecule has 16 heavy (non-hydrogen) atoms. The van der Waals surface area contributed by atoms with Gasteiger partial charge in [0.15, 0.2) is 0 Å². The molecule has 1 aliphatic rings. The molecule has 1 unspecified atom stereocenters. The average Bonchev–Trinajstić information content (AvgIpc) is 2.28. The molecule has 1 aromatic carbocycles. The molecule has 0 aromatic heterocycles. The zero-order valence-corrected chi connectivity index (χ0v) is 9.84. The molecule has 0 bridgehead atoms. The van der Waals surface area contributed by atoms with Gasteiger partial charge in [-0.05, 0) is 43.0 Å². The quantitative estimate of drug-likeness (QED) is 0.834. The van der Waals surface area contributed by atoms with Crippen molar-refractivity contribution in [3.05, 3.63) is 28.8 Å². The van der Waals surface area contributed by atoms with E-state index in [0.29, 0.717) is 17.9 Å². The van der Waals surface area contributed by atoms with Crippen LogP contribution in [0.25, 0.3) is 0 Å². The number of rotatable bonds is 2. The van der Waals surface area contributed by atoms with Crippen LogP contribution in [-0.4, -0.2) is 16.6 Å². The van der Waals surface area contributed by atoms with Gasteiger partial charge in [-0.3, -0.25) is 0 Å². The molecule has 1 aromatic rings. The Balaban J connectivity index is 2.36. The number of hydrogen-bond donors (Lipinski definition) is 2. The molecule has 0 fully saturated rings. The van der Waals surface area contributed by atoms with Crippen molar-refractivity contribution >= 4 is 23.3 Å². The molecule has 4 heteroatoms. The highest BCUT2D eigenvalue weighted by Crippen LogP contribution is 2.34. The molecule has 0 saturated carbocycles. The van der Waals surface area contributed by atoms with Crippen molar-refractivity contribution < 1.29 is 9.90 Å². The minimum Gasteiger partial charge on any atom is -0.480 e. The first-order chi connectivity index (χ1) is 7.57. The zero-order chi connectivity index (χ0) is 11.8. The smallest absolute Gasteiger partial charge is 0.329 e. The Kier molecular flexibility index (Phi) is 2.80. The molecule has 2 N–H and O–H groups in total. The topological polar surface area (TPSA) is 49.3 Å². The maximum Gasteiger partial charge on any atom is 0.329 e. The van der Waals surface area contributed by atoms with Crippen LogP contribution in [0.15, 0.2) is 18.2 Å². The monoisotopic (exact) mass is 239 g/mol. The van der Waals surface area contributed by atoms with Crippen LogP contribution in [0, 0.1) is 0 Å². The Morgan fingerprint density at radius 3 is 3.00 bits per heavy atom. The number of aliphatic carboxylic acids is 1. The van der Waals surface area contributed by atoms with Crippen molar-refractivity contribution in [1.29, 1.82) is 0 Å². The van der Waals surface area contributed by atoms with Gasteiger partial charge in [0, 0.05) is 10.7 Å². The third-order valence-electron chi connectivity index (χ3n) is 3.28. The third kappa shape index (κ3) is 1.76. The van der Waals surface area contributed by atoms with Gasteiger partial charge in [0.25, 0.3) is 0 Å². The molecule has 2 rings (SSSR count). The predicted octanol–water partition coefficient (Wildman–Crippen LogP) is 2.93. The summed E-state index contributed by atoms with van der Waals surface area (Å²) < 4.78 is 0. The van der Waals surface area contributed by atoms with Crippen LogP contribution in [0.2, 0.25) is 5.02 Å². The van der Waals surface area contributed by atoms with E-state index in [2.05, 4.69) is 5.32 Å². The van der Waals surface area contributed by atoms with Gasteiger partial charge < -0.3 is 10.4 Å². The van der Waals surface area contributed by atoms with E-state index in [9.17, 15) is 9.90 Å². The molecule has 0 spiro atoms. The van der Waals surface area contributed by atoms with Crippen molar-refractivity contribution in [3.8, 4) is 0 Å². The second-order valence-electron chi connectivity index (χ2n) is 4.17. The van der Waals surface area contributed by atoms with Gasteiger partial charge in [-0.15, -0.1) is 0 Å². The van der Waals surface area contributed by atoms with Crippen molar-refractivity contribution in [1.82, 2.24) is 0 Å². The Morgan fingerprint density at radius 2 is 2.38 bits per heavy atom. The van der Waals surface area contributed by atoms with Crippen LogP contribution >= 0.6 is 11.6 Å². The highest BCUT2D eigenvalue weighted by atomic mass is 35.5. The fraction of sp³-hybridized carbons (Fsp3) is 0.417. The standard InChI is InChI=1S/C12H14ClNO2/c1-2-12(11(15)16)6-5-8-7-9(13)3-4-10(8)14-12/h3-4,7,14H,2,5-6H2,1H3,(H,15,16). The Hall–Kier alpha value is -1.22. The number of anilines is 1. The molecular weight excluding hydrogens is 226 g/mol. The van der Waals surface area contributed by atoms with Gasteiger partial charge in [-0.1, -0.05) is 18.5 Å². The lowest BCUT2D eigenvalue weighted by atomic mass is 9.84. The minimum absolute atomic E-state index is 0.574. The third-order valence-corrected chi connectivity index (χ3v) is 3.51. The van der Waals surface area contributed by atoms with Crippen LogP contribution in [0.4, 0.5) is 5.69 Å². The molecule has 1 aliphatic heterocycles. The second kappa shape index (κ2) is 3.98. The Bertz CT molecular complexity index is 433. The highest BCUT2D eigenvalue weighted by molar-refractivity contribution is 6.30. The first kappa shape index (κ1) is 11.3. The molecule has 1 heterocycles. The summed E-state index contributed by atoms with van der Waals surface area (Å²) in [4.78, 5) is 11.3. The van der Waals surface area contributed by atoms with E-state index in [-0.39, 0.29) is 0 Å². The first-order valence-electron chi connectivity index (χ1n) is 5.37. The summed E-state index contributed by atoms with van der Waals surface area (Å²) in [6, 6.07) is 5.52. The fourth-order valence-corrected chi connectivity index (χ4v) is 2.33. The summed E-state index contributed by atoms with van der Waals surface area (Å²) in [5.41, 5.74) is 1.17. The van der Waals surface area contributed by atoms with E-state index in [4.69, 9.17) is 11.6 Å². The van der Waals surface area contributed by atoms with E-state index in [1.54, 1.807) is 6.07 Å². The summed E-state index contributed by atoms with van der Waals surface area (Å²) in [6.45, 7) is 1.89. The molecule has 0 aliphatic carbocycles. The number of carbonyl (C=O) groups is 1. The molecule has 0 amide bonds. The van der Waals surface area contributed by atoms with Crippen LogP contribution in [0.5, 0.6) is 0 Å². The zero-order valence-electron chi connectivity index (χ0n) is 9.09. The number of halogens is 1. The van der Waals surface area contributed by atoms with Gasteiger partial charge >= 0.3 is 5.97 Å². The number of aryl methyl sites for hydroxylation is 1. The summed E-state index contributed by atoms with van der Waals surface area (Å²) in [5.74, 6) is -0.782. The lowest BCUT2D eigenvalue weighted by Crippen LogP contribution is -2.48. The first-order valence-corrected chi connectivity index (χ1v) is 5.75. The Labute approximate surface area is 99.4 Å². The normalized spacial score (nSPS) is 23.4. The number of fused-ring (bicyclic) bond motifs is 1. The van der Waals surface area contributed by atoms with Crippen molar-refractivity contribution in [2.45, 2.75) is 31.7 Å². The lowest BCUT2D eigenvalue weighted by molar-refractivity contribution is -0.142. The van der Waals surface area contributed by atoms with Gasteiger partial charge in [0.2, 0.25) is 0 Å². The highest BCUT2D eigenvalue weighted by Gasteiger charge is 2.39. The van der Waals surface area contributed by atoms with Crippen molar-refractivity contribution in [2.24, 2.45) is 0 Å². The maximum absolute atomic E-state index is 11.3. The van der Waals surface area contributed by atoms with Gasteiger partial charge in [0.1, 0.15) is 5.54 Å². The SMILES string of the molecule is CCC1(C(=O)O)CCc2cc(Cl)ccc2N1. The lowest BCUT2D eigenvalue weighted by Gasteiger charge is -2.35. The van der Waals surface area contributed by atoms with Gasteiger partial charge in [0.05, 0.1) is 0 Å². The molecule has 0 radical (unpaired) electrons. The number of nitrogens with one attached hydrogen (secondary N) is 1. The second-order valence-corrected chi connectivity index (χ2v) is 4.60. The summed E-state index contributed by atoms with van der Waals surface area (Å²) >= 11 is 5.90. The molecule has 86 valence electrons. The minimum atomic E-state index is -0.819. The van der Waals surface area contributed by atoms with E-state index >= 15 is 0 Å². The number of carboxylic acids is 1. The Morgan fingerprint density at radius 1 is 1.62 bits per heavy atom. The fourth-order valence-electron chi connectivity index (χ4n) is 2.14. The van der Waals surface area contributed by atoms with Gasteiger partial charge in [-0.2, -0.15) is 0 Å². The van der Waals surface area contributed by atoms with E-state index < -0.39 is 11.5 Å². The number of carboxylic acid groups (broad SMARTS) is 1. The van der Waals surface area contributed by atoms with Crippen LogP contribution in [-0.2, 0) is 11.2 Å². The predicted molar refractivity (Wildman–Crippen MR) is 64.1 cm³/mol. The average molecular weight is 240 g/mol. The molecule has 3 nitrogen and oxygen atoms in total. The van der Waals surface area contributed by atoms with Crippen LogP contribution < -0.4 is 5.32 Å². The number of hydrogen-bond acceptors (Lipinski definition) is 2. The van der Waals surface area contributed by atoms with E-state index in [1.807, 2.05) is 19.1 Å². The van der Waals surface area contributed by atoms with Crippen molar-refractivity contribution in [3.63, 3.8) is 0 Å². The van der Waals surface area contributed by atoms with Gasteiger partial charge in [-0.25, -0.2) is 4.79 Å². The van der Waals surface area contributed by atoms with Crippen LogP contribution in [0.3, 0.4) is 0 Å². The van der Waals surface area contributed by atoms with Crippen LogP contribution in [0.1, 0.15) is 25.3 Å². The number of benzene rings is 1. The molecule has 0 saturated heterocycles.